The topological polar surface area (TPSA) is 41.6 Å². The second kappa shape index (κ2) is 7.67. The first-order valence-electron chi connectivity index (χ1n) is 6.74. The molecule has 0 aromatic carbocycles. The van der Waals surface area contributed by atoms with Gasteiger partial charge in [-0.1, -0.05) is 20.3 Å². The van der Waals surface area contributed by atoms with Crippen LogP contribution in [0.1, 0.15) is 33.1 Å². The molecule has 1 rings (SSSR count). The number of nitrogens with zero attached hydrogens (tertiary/aromatic N) is 1. The largest absolute Gasteiger partial charge is 0.468 e. The molecule has 1 heterocycles. The molecule has 1 aliphatic heterocycles. The van der Waals surface area contributed by atoms with Crippen molar-refractivity contribution in [2.75, 3.05) is 33.3 Å². The number of rotatable bonds is 6. The van der Waals surface area contributed by atoms with Crippen LogP contribution in [0.25, 0.3) is 0 Å². The first-order chi connectivity index (χ1) is 8.21. The first kappa shape index (κ1) is 14.5. The molecular weight excluding hydrogens is 216 g/mol. The minimum absolute atomic E-state index is 0.148. The molecule has 4 nitrogen and oxygen atoms in total. The van der Waals surface area contributed by atoms with Gasteiger partial charge in [-0.25, -0.2) is 0 Å². The number of ether oxygens (including phenoxy) is 1. The maximum absolute atomic E-state index is 11.6. The highest BCUT2D eigenvalue weighted by Gasteiger charge is 2.25. The predicted molar refractivity (Wildman–Crippen MR) is 68.9 cm³/mol. The van der Waals surface area contributed by atoms with Crippen LogP contribution in [0.2, 0.25) is 0 Å². The van der Waals surface area contributed by atoms with Crippen molar-refractivity contribution in [1.82, 2.24) is 10.2 Å². The van der Waals surface area contributed by atoms with Crippen LogP contribution in [0, 0.1) is 5.92 Å². The van der Waals surface area contributed by atoms with E-state index in [2.05, 4.69) is 17.1 Å². The highest BCUT2D eigenvalue weighted by atomic mass is 16.5. The van der Waals surface area contributed by atoms with E-state index in [0.717, 1.165) is 32.1 Å². The van der Waals surface area contributed by atoms with E-state index in [1.165, 1.54) is 26.4 Å². The molecule has 0 bridgehead atoms. The number of hydrogen-bond donors (Lipinski definition) is 1. The zero-order chi connectivity index (χ0) is 12.7. The van der Waals surface area contributed by atoms with Crippen molar-refractivity contribution in [2.24, 2.45) is 5.92 Å². The Morgan fingerprint density at radius 3 is 2.88 bits per heavy atom. The Bertz CT molecular complexity index is 233. The van der Waals surface area contributed by atoms with E-state index in [4.69, 9.17) is 4.74 Å². The summed E-state index contributed by atoms with van der Waals surface area (Å²) in [5.74, 6) is 0.647. The molecule has 1 fully saturated rings. The zero-order valence-electron chi connectivity index (χ0n) is 11.4. The summed E-state index contributed by atoms with van der Waals surface area (Å²) in [4.78, 5) is 14.0. The van der Waals surface area contributed by atoms with Crippen molar-refractivity contribution in [3.05, 3.63) is 0 Å². The van der Waals surface area contributed by atoms with E-state index in [9.17, 15) is 4.79 Å². The molecule has 17 heavy (non-hydrogen) atoms. The van der Waals surface area contributed by atoms with Gasteiger partial charge >= 0.3 is 5.97 Å². The molecule has 0 amide bonds. The summed E-state index contributed by atoms with van der Waals surface area (Å²) >= 11 is 0. The maximum atomic E-state index is 11.6. The van der Waals surface area contributed by atoms with E-state index in [1.807, 2.05) is 6.92 Å². The highest BCUT2D eigenvalue weighted by Crippen LogP contribution is 2.19. The number of esters is 1. The molecule has 0 saturated carbocycles. The van der Waals surface area contributed by atoms with Crippen molar-refractivity contribution in [3.63, 3.8) is 0 Å². The van der Waals surface area contributed by atoms with Gasteiger partial charge in [0.2, 0.25) is 0 Å². The standard InChI is InChI=1S/C13H26N2O2/c1-4-11-7-6-8-15(9-11)10-12(14-5-2)13(16)17-3/h11-12,14H,4-10H2,1-3H3. The monoisotopic (exact) mass is 242 g/mol. The van der Waals surface area contributed by atoms with E-state index in [1.54, 1.807) is 0 Å². The molecular formula is C13H26N2O2. The molecule has 1 N–H and O–H groups in total. The zero-order valence-corrected chi connectivity index (χ0v) is 11.4. The molecule has 2 atom stereocenters. The molecule has 0 aromatic heterocycles. The molecule has 4 heteroatoms. The van der Waals surface area contributed by atoms with Gasteiger partial charge in [0.15, 0.2) is 0 Å². The Morgan fingerprint density at radius 1 is 1.53 bits per heavy atom. The lowest BCUT2D eigenvalue weighted by Gasteiger charge is -2.34. The van der Waals surface area contributed by atoms with Crippen LogP contribution in [-0.2, 0) is 9.53 Å². The predicted octanol–water partition coefficient (Wildman–Crippen LogP) is 1.26. The third-order valence-corrected chi connectivity index (χ3v) is 3.56. The number of hydrogen-bond acceptors (Lipinski definition) is 4. The van der Waals surface area contributed by atoms with E-state index in [-0.39, 0.29) is 12.0 Å². The maximum Gasteiger partial charge on any atom is 0.324 e. The average Bonchev–Trinajstić information content (AvgIpc) is 2.37. The van der Waals surface area contributed by atoms with Gasteiger partial charge in [-0.15, -0.1) is 0 Å². The summed E-state index contributed by atoms with van der Waals surface area (Å²) in [6.07, 6.45) is 3.82. The smallest absolute Gasteiger partial charge is 0.324 e. The molecule has 1 aliphatic rings. The summed E-state index contributed by atoms with van der Waals surface area (Å²) in [5, 5.41) is 3.20. The van der Waals surface area contributed by atoms with Gasteiger partial charge in [-0.05, 0) is 31.8 Å². The van der Waals surface area contributed by atoms with Crippen LogP contribution < -0.4 is 5.32 Å². The Morgan fingerprint density at radius 2 is 2.29 bits per heavy atom. The van der Waals surface area contributed by atoms with Crippen LogP contribution in [0.15, 0.2) is 0 Å². The number of methoxy groups -OCH3 is 1. The average molecular weight is 242 g/mol. The van der Waals surface area contributed by atoms with Crippen molar-refractivity contribution < 1.29 is 9.53 Å². The van der Waals surface area contributed by atoms with E-state index in [0.29, 0.717) is 0 Å². The third-order valence-electron chi connectivity index (χ3n) is 3.56. The lowest BCUT2D eigenvalue weighted by atomic mass is 9.95. The second-order valence-electron chi connectivity index (χ2n) is 4.81. The van der Waals surface area contributed by atoms with Crippen LogP contribution in [0.5, 0.6) is 0 Å². The fourth-order valence-electron chi connectivity index (χ4n) is 2.52. The van der Waals surface area contributed by atoms with Crippen molar-refractivity contribution >= 4 is 5.97 Å². The second-order valence-corrected chi connectivity index (χ2v) is 4.81. The van der Waals surface area contributed by atoms with Crippen molar-refractivity contribution in [3.8, 4) is 0 Å². The minimum Gasteiger partial charge on any atom is -0.468 e. The van der Waals surface area contributed by atoms with Gasteiger partial charge in [0.25, 0.3) is 0 Å². The molecule has 0 spiro atoms. The van der Waals surface area contributed by atoms with Gasteiger partial charge in [0, 0.05) is 13.1 Å². The Kier molecular flexibility index (Phi) is 6.52. The van der Waals surface area contributed by atoms with Gasteiger partial charge in [-0.3, -0.25) is 4.79 Å². The lowest BCUT2D eigenvalue weighted by molar-refractivity contribution is -0.143. The van der Waals surface area contributed by atoms with Gasteiger partial charge < -0.3 is 15.0 Å². The summed E-state index contributed by atoms with van der Waals surface area (Å²) in [5.41, 5.74) is 0. The number of likely N-dealkylation sites (N-methyl/N-ethyl adjacent to an activating group) is 1. The Hall–Kier alpha value is -0.610. The number of piperidine rings is 1. The molecule has 100 valence electrons. The van der Waals surface area contributed by atoms with Crippen molar-refractivity contribution in [2.45, 2.75) is 39.2 Å². The molecule has 1 saturated heterocycles. The summed E-state index contributed by atoms with van der Waals surface area (Å²) in [6, 6.07) is -0.180. The Balaban J connectivity index is 2.45. The van der Waals surface area contributed by atoms with Gasteiger partial charge in [-0.2, -0.15) is 0 Å². The molecule has 0 aliphatic carbocycles. The van der Waals surface area contributed by atoms with Crippen LogP contribution in [0.4, 0.5) is 0 Å². The number of nitrogens with one attached hydrogen (secondary N) is 1. The fraction of sp³-hybridized carbons (Fsp3) is 0.923. The van der Waals surface area contributed by atoms with Crippen molar-refractivity contribution in [1.29, 1.82) is 0 Å². The minimum atomic E-state index is -0.180. The molecule has 2 unspecified atom stereocenters. The quantitative estimate of drug-likeness (QED) is 0.712. The first-order valence-corrected chi connectivity index (χ1v) is 6.74. The summed E-state index contributed by atoms with van der Waals surface area (Å²) < 4.78 is 4.83. The van der Waals surface area contributed by atoms with E-state index < -0.39 is 0 Å². The SMILES string of the molecule is CCNC(CN1CCCC(CC)C1)C(=O)OC. The molecule has 0 aromatic rings. The van der Waals surface area contributed by atoms with E-state index >= 15 is 0 Å². The van der Waals surface area contributed by atoms with Crippen LogP contribution >= 0.6 is 0 Å². The lowest BCUT2D eigenvalue weighted by Crippen LogP contribution is -2.49. The summed E-state index contributed by atoms with van der Waals surface area (Å²) in [7, 11) is 1.46. The normalized spacial score (nSPS) is 23.4. The van der Waals surface area contributed by atoms with Gasteiger partial charge in [0.05, 0.1) is 7.11 Å². The number of carbonyl (C=O) groups is 1. The van der Waals surface area contributed by atoms with Crippen LogP contribution in [0.3, 0.4) is 0 Å². The third kappa shape index (κ3) is 4.64. The highest BCUT2D eigenvalue weighted by molar-refractivity contribution is 5.75. The number of likely N-dealkylation sites (tertiary alicyclic amines) is 1. The fourth-order valence-corrected chi connectivity index (χ4v) is 2.52. The van der Waals surface area contributed by atoms with Gasteiger partial charge in [0.1, 0.15) is 6.04 Å². The number of carbonyl (C=O) groups excluding carboxylic acids is 1. The van der Waals surface area contributed by atoms with Crippen LogP contribution in [-0.4, -0.2) is 50.2 Å². The Labute approximate surface area is 105 Å². The molecule has 0 radical (unpaired) electrons. The summed E-state index contributed by atoms with van der Waals surface area (Å²) in [6.45, 7) is 8.06.